The number of aromatic nitrogens is 2. The summed E-state index contributed by atoms with van der Waals surface area (Å²) in [6.45, 7) is 4.09. The third kappa shape index (κ3) is 3.16. The van der Waals surface area contributed by atoms with E-state index in [4.69, 9.17) is 4.74 Å². The zero-order valence-electron chi connectivity index (χ0n) is 13.5. The Morgan fingerprint density at radius 3 is 2.90 bits per heavy atom. The molecule has 118 valence electrons. The highest BCUT2D eigenvalue weighted by atomic mass is 16.5. The predicted molar refractivity (Wildman–Crippen MR) is 84.1 cm³/mol. The van der Waals surface area contributed by atoms with E-state index in [2.05, 4.69) is 35.0 Å². The molecular weight excluding hydrogens is 262 g/mol. The number of nitrogens with zero attached hydrogens (tertiary/aromatic N) is 2. The number of rotatable bonds is 4. The molecule has 1 aliphatic carbocycles. The first-order valence-electron chi connectivity index (χ1n) is 8.59. The zero-order chi connectivity index (χ0) is 14.7. The van der Waals surface area contributed by atoms with Gasteiger partial charge >= 0.3 is 0 Å². The summed E-state index contributed by atoms with van der Waals surface area (Å²) in [4.78, 5) is 4.60. The number of hydrogen-bond donors (Lipinski definition) is 1. The maximum Gasteiger partial charge on any atom is 0.125 e. The normalized spacial score (nSPS) is 26.9. The van der Waals surface area contributed by atoms with Crippen LogP contribution in [0.2, 0.25) is 0 Å². The molecule has 2 atom stereocenters. The molecule has 3 rings (SSSR count). The Labute approximate surface area is 128 Å². The average molecular weight is 291 g/mol. The van der Waals surface area contributed by atoms with Crippen LogP contribution in [0.1, 0.15) is 63.7 Å². The lowest BCUT2D eigenvalue weighted by molar-refractivity contribution is -0.122. The van der Waals surface area contributed by atoms with Gasteiger partial charge in [0.25, 0.3) is 0 Å². The van der Waals surface area contributed by atoms with Gasteiger partial charge in [0.05, 0.1) is 11.6 Å². The van der Waals surface area contributed by atoms with E-state index in [-0.39, 0.29) is 5.60 Å². The minimum Gasteiger partial charge on any atom is -0.375 e. The largest absolute Gasteiger partial charge is 0.375 e. The first kappa shape index (κ1) is 15.0. The summed E-state index contributed by atoms with van der Waals surface area (Å²) in [7, 11) is 2.10. The molecule has 0 amide bonds. The van der Waals surface area contributed by atoms with Crippen molar-refractivity contribution in [3.05, 3.63) is 18.2 Å². The van der Waals surface area contributed by atoms with Crippen LogP contribution in [0.15, 0.2) is 12.4 Å². The molecule has 1 spiro atoms. The van der Waals surface area contributed by atoms with Gasteiger partial charge in [0, 0.05) is 26.0 Å². The average Bonchev–Trinajstić information content (AvgIpc) is 2.91. The minimum atomic E-state index is 0.167. The molecule has 1 aromatic rings. The number of hydrogen-bond acceptors (Lipinski definition) is 3. The molecule has 2 heterocycles. The molecule has 1 aromatic heterocycles. The third-order valence-corrected chi connectivity index (χ3v) is 5.33. The van der Waals surface area contributed by atoms with Gasteiger partial charge in [-0.1, -0.05) is 26.2 Å². The molecule has 2 unspecified atom stereocenters. The Kier molecular flexibility index (Phi) is 4.65. The first-order chi connectivity index (χ1) is 10.2. The molecule has 2 aliphatic rings. The van der Waals surface area contributed by atoms with Crippen LogP contribution in [0, 0.1) is 5.92 Å². The van der Waals surface area contributed by atoms with Crippen molar-refractivity contribution in [2.24, 2.45) is 13.0 Å². The van der Waals surface area contributed by atoms with E-state index >= 15 is 0 Å². The van der Waals surface area contributed by atoms with Crippen molar-refractivity contribution in [1.29, 1.82) is 0 Å². The van der Waals surface area contributed by atoms with Gasteiger partial charge in [-0.05, 0) is 38.1 Å². The first-order valence-corrected chi connectivity index (χ1v) is 8.59. The van der Waals surface area contributed by atoms with E-state index in [1.54, 1.807) is 0 Å². The SMILES string of the molecule is CCNC(c1nccn1C)C1CCOC2(CCCCC2)C1. The lowest BCUT2D eigenvalue weighted by atomic mass is 9.74. The van der Waals surface area contributed by atoms with Gasteiger partial charge < -0.3 is 14.6 Å². The molecule has 0 aromatic carbocycles. The van der Waals surface area contributed by atoms with Crippen LogP contribution >= 0.6 is 0 Å². The molecule has 1 saturated carbocycles. The molecule has 1 saturated heterocycles. The second-order valence-corrected chi connectivity index (χ2v) is 6.78. The van der Waals surface area contributed by atoms with Crippen molar-refractivity contribution < 1.29 is 4.74 Å². The van der Waals surface area contributed by atoms with Gasteiger partial charge in [-0.3, -0.25) is 0 Å². The Hall–Kier alpha value is -0.870. The minimum absolute atomic E-state index is 0.167. The van der Waals surface area contributed by atoms with E-state index in [1.807, 2.05) is 6.20 Å². The summed E-state index contributed by atoms with van der Waals surface area (Å²) in [5, 5.41) is 3.68. The molecule has 1 N–H and O–H groups in total. The second kappa shape index (κ2) is 6.49. The molecule has 4 nitrogen and oxygen atoms in total. The fourth-order valence-corrected chi connectivity index (χ4v) is 4.26. The summed E-state index contributed by atoms with van der Waals surface area (Å²) in [6, 6.07) is 0.359. The van der Waals surface area contributed by atoms with E-state index < -0.39 is 0 Å². The van der Waals surface area contributed by atoms with Crippen LogP contribution in [0.4, 0.5) is 0 Å². The molecular formula is C17H29N3O. The van der Waals surface area contributed by atoms with Crippen LogP contribution < -0.4 is 5.32 Å². The summed E-state index contributed by atoms with van der Waals surface area (Å²) in [5.41, 5.74) is 0.167. The number of imidazole rings is 1. The second-order valence-electron chi connectivity index (χ2n) is 6.78. The lowest BCUT2D eigenvalue weighted by Crippen LogP contribution is -2.45. The highest BCUT2D eigenvalue weighted by Gasteiger charge is 2.41. The highest BCUT2D eigenvalue weighted by Crippen LogP contribution is 2.43. The van der Waals surface area contributed by atoms with Gasteiger partial charge in [-0.15, -0.1) is 0 Å². The summed E-state index contributed by atoms with van der Waals surface area (Å²) < 4.78 is 8.42. The van der Waals surface area contributed by atoms with Crippen molar-refractivity contribution >= 4 is 0 Å². The number of nitrogens with one attached hydrogen (secondary N) is 1. The van der Waals surface area contributed by atoms with Gasteiger partial charge in [0.1, 0.15) is 5.82 Å². The molecule has 0 bridgehead atoms. The lowest BCUT2D eigenvalue weighted by Gasteiger charge is -2.45. The standard InChI is InChI=1S/C17H29N3O/c1-3-18-15(16-19-10-11-20(16)2)14-7-12-21-17(13-14)8-5-4-6-9-17/h10-11,14-15,18H,3-9,12-13H2,1-2H3. The van der Waals surface area contributed by atoms with Crippen molar-refractivity contribution in [3.8, 4) is 0 Å². The fourth-order valence-electron chi connectivity index (χ4n) is 4.26. The smallest absolute Gasteiger partial charge is 0.125 e. The highest BCUT2D eigenvalue weighted by molar-refractivity contribution is 5.04. The van der Waals surface area contributed by atoms with Gasteiger partial charge in [-0.25, -0.2) is 4.98 Å². The Bertz CT molecular complexity index is 445. The molecule has 4 heteroatoms. The van der Waals surface area contributed by atoms with E-state index in [0.29, 0.717) is 12.0 Å². The van der Waals surface area contributed by atoms with E-state index in [9.17, 15) is 0 Å². The van der Waals surface area contributed by atoms with Gasteiger partial charge in [0.15, 0.2) is 0 Å². The van der Waals surface area contributed by atoms with Crippen LogP contribution in [0.3, 0.4) is 0 Å². The topological polar surface area (TPSA) is 39.1 Å². The maximum atomic E-state index is 6.26. The number of ether oxygens (including phenoxy) is 1. The summed E-state index contributed by atoms with van der Waals surface area (Å²) in [6.07, 6.45) is 12.9. The molecule has 21 heavy (non-hydrogen) atoms. The van der Waals surface area contributed by atoms with Crippen LogP contribution in [0.5, 0.6) is 0 Å². The predicted octanol–water partition coefficient (Wildman–Crippen LogP) is 3.20. The van der Waals surface area contributed by atoms with Crippen LogP contribution in [-0.2, 0) is 11.8 Å². The van der Waals surface area contributed by atoms with Crippen molar-refractivity contribution in [2.75, 3.05) is 13.2 Å². The Morgan fingerprint density at radius 1 is 1.43 bits per heavy atom. The molecule has 1 aliphatic heterocycles. The summed E-state index contributed by atoms with van der Waals surface area (Å²) in [5.74, 6) is 1.81. The summed E-state index contributed by atoms with van der Waals surface area (Å²) >= 11 is 0. The Balaban J connectivity index is 1.77. The fraction of sp³-hybridized carbons (Fsp3) is 0.824. The molecule has 2 fully saturated rings. The van der Waals surface area contributed by atoms with Crippen LogP contribution in [-0.4, -0.2) is 28.3 Å². The number of aryl methyl sites for hydroxylation is 1. The van der Waals surface area contributed by atoms with Crippen molar-refractivity contribution in [1.82, 2.24) is 14.9 Å². The third-order valence-electron chi connectivity index (χ3n) is 5.33. The van der Waals surface area contributed by atoms with Crippen molar-refractivity contribution in [2.45, 2.75) is 63.5 Å². The Morgan fingerprint density at radius 2 is 2.24 bits per heavy atom. The van der Waals surface area contributed by atoms with Gasteiger partial charge in [-0.2, -0.15) is 0 Å². The van der Waals surface area contributed by atoms with Crippen molar-refractivity contribution in [3.63, 3.8) is 0 Å². The van der Waals surface area contributed by atoms with Crippen LogP contribution in [0.25, 0.3) is 0 Å². The zero-order valence-corrected chi connectivity index (χ0v) is 13.5. The van der Waals surface area contributed by atoms with Gasteiger partial charge in [0.2, 0.25) is 0 Å². The van der Waals surface area contributed by atoms with E-state index in [0.717, 1.165) is 19.6 Å². The quantitative estimate of drug-likeness (QED) is 0.926. The maximum absolute atomic E-state index is 6.26. The monoisotopic (exact) mass is 291 g/mol. The van der Waals surface area contributed by atoms with E-state index in [1.165, 1.54) is 44.3 Å². The molecule has 0 radical (unpaired) electrons.